The van der Waals surface area contributed by atoms with Crippen LogP contribution in [0.5, 0.6) is 5.75 Å². The number of aliphatic imine (C=N–C) groups is 1. The van der Waals surface area contributed by atoms with Crippen LogP contribution in [0.1, 0.15) is 66.4 Å². The van der Waals surface area contributed by atoms with Crippen LogP contribution in [0.2, 0.25) is 0 Å². The molecule has 0 saturated heterocycles. The van der Waals surface area contributed by atoms with Crippen molar-refractivity contribution in [1.82, 2.24) is 37.2 Å². The lowest BCUT2D eigenvalue weighted by atomic mass is 9.97. The molecule has 0 aromatic heterocycles. The van der Waals surface area contributed by atoms with Crippen molar-refractivity contribution in [2.75, 3.05) is 19.7 Å². The summed E-state index contributed by atoms with van der Waals surface area (Å²) in [6, 6.07) is -0.630. The van der Waals surface area contributed by atoms with Crippen molar-refractivity contribution in [2.45, 2.75) is 103 Å². The second-order valence-electron chi connectivity index (χ2n) is 14.0. The molecule has 9 N–H and O–H groups in total. The highest BCUT2D eigenvalue weighted by atomic mass is 16.3. The van der Waals surface area contributed by atoms with Crippen LogP contribution < -0.4 is 37.2 Å². The van der Waals surface area contributed by atoms with Gasteiger partial charge in [0.25, 0.3) is 0 Å². The Balaban J connectivity index is 2.60. The van der Waals surface area contributed by atoms with E-state index in [-0.39, 0.29) is 31.1 Å². The Morgan fingerprint density at radius 2 is 1.45 bits per heavy atom. The van der Waals surface area contributed by atoms with Gasteiger partial charge in [0.15, 0.2) is 0 Å². The van der Waals surface area contributed by atoms with E-state index in [0.717, 1.165) is 0 Å². The molecule has 1 aliphatic rings. The molecule has 7 amide bonds. The summed E-state index contributed by atoms with van der Waals surface area (Å²) in [5.41, 5.74) is 0.652. The maximum absolute atomic E-state index is 13.7. The maximum atomic E-state index is 13.7. The molecule has 0 unspecified atom stereocenters. The second-order valence-corrected chi connectivity index (χ2v) is 14.0. The topological polar surface area (TPSA) is 257 Å². The number of amides is 7. The van der Waals surface area contributed by atoms with E-state index >= 15 is 0 Å². The summed E-state index contributed by atoms with van der Waals surface area (Å²) in [6.07, 6.45) is 2.71. The third kappa shape index (κ3) is 14.8. The minimum atomic E-state index is -1.48. The van der Waals surface area contributed by atoms with Crippen molar-refractivity contribution in [3.8, 4) is 5.75 Å². The monoisotopic (exact) mass is 744 g/mol. The maximum Gasteiger partial charge on any atom is 0.245 e. The van der Waals surface area contributed by atoms with Gasteiger partial charge in [-0.2, -0.15) is 0 Å². The third-order valence-electron chi connectivity index (χ3n) is 8.76. The molecule has 17 nitrogen and oxygen atoms in total. The number of aliphatic hydroxyl groups is 1. The smallest absolute Gasteiger partial charge is 0.245 e. The van der Waals surface area contributed by atoms with Crippen LogP contribution >= 0.6 is 0 Å². The Labute approximate surface area is 310 Å². The van der Waals surface area contributed by atoms with Crippen LogP contribution in [0, 0.1) is 17.8 Å². The predicted octanol–water partition coefficient (Wildman–Crippen LogP) is -1.20. The van der Waals surface area contributed by atoms with Crippen molar-refractivity contribution >= 4 is 48.1 Å². The molecule has 0 saturated carbocycles. The second kappa shape index (κ2) is 22.1. The molecule has 2 rings (SSSR count). The number of aromatic hydroxyl groups is 1. The van der Waals surface area contributed by atoms with E-state index in [0.29, 0.717) is 24.8 Å². The SMILES string of the molecule is CC[C@H](C)[C@@H]1NC(=O)[C@@H](CCNC=O)NC(=O)CNC(=O)[C@H](Cc2ccc(O)cc2)N=C[C@H](CC(C)C)NC(=O)[C@H](C(C)C)NC(=O)[C@H](CO)NC1=O. The highest BCUT2D eigenvalue weighted by Crippen LogP contribution is 2.14. The molecule has 17 heteroatoms. The number of phenolic OH excluding ortho intramolecular Hbond substituents is 1. The fourth-order valence-corrected chi connectivity index (χ4v) is 5.50. The molecule has 1 heterocycles. The number of benzene rings is 1. The molecule has 0 radical (unpaired) electrons. The van der Waals surface area contributed by atoms with Crippen molar-refractivity contribution in [2.24, 2.45) is 22.7 Å². The minimum Gasteiger partial charge on any atom is -0.508 e. The molecule has 7 atom stereocenters. The summed E-state index contributed by atoms with van der Waals surface area (Å²) in [4.78, 5) is 96.3. The predicted molar refractivity (Wildman–Crippen MR) is 196 cm³/mol. The standard InChI is InChI=1S/C36H56N8O9/c1-7-22(6)31-36(53)42-28(18-45)34(51)43-30(21(4)5)35(52)40-24(14-20(2)3)16-38-27(15-23-8-10-25(47)11-9-23)32(49)39-17-29(48)41-26(33(50)44-31)12-13-37-19-46/h8-11,16,19-22,24,26-28,30-31,45,47H,7,12-15,17-18H2,1-6H3,(H,37,46)(H,39,49)(H,40,52)(H,41,48)(H,42,53)(H,43,51)(H,44,50)/t22-,24-,26+,27-,28-,30-,31-/m0/s1. The van der Waals surface area contributed by atoms with Crippen molar-refractivity contribution in [1.29, 1.82) is 0 Å². The highest BCUT2D eigenvalue weighted by Gasteiger charge is 2.34. The van der Waals surface area contributed by atoms with Gasteiger partial charge < -0.3 is 47.4 Å². The number of rotatable bonds is 12. The number of phenols is 1. The van der Waals surface area contributed by atoms with Crippen LogP contribution in [0.15, 0.2) is 29.3 Å². The van der Waals surface area contributed by atoms with E-state index in [1.54, 1.807) is 39.8 Å². The van der Waals surface area contributed by atoms with Gasteiger partial charge in [0, 0.05) is 19.2 Å². The molecular weight excluding hydrogens is 688 g/mol. The first-order valence-corrected chi connectivity index (χ1v) is 18.0. The van der Waals surface area contributed by atoms with Gasteiger partial charge in [-0.25, -0.2) is 0 Å². The molecule has 53 heavy (non-hydrogen) atoms. The number of nitrogens with zero attached hydrogens (tertiary/aromatic N) is 1. The molecule has 0 fully saturated rings. The van der Waals surface area contributed by atoms with E-state index in [2.05, 4.69) is 42.2 Å². The number of hydrogen-bond acceptors (Lipinski definition) is 10. The minimum absolute atomic E-state index is 0.00802. The summed E-state index contributed by atoms with van der Waals surface area (Å²) in [5, 5.41) is 38.0. The van der Waals surface area contributed by atoms with Crippen LogP contribution in [-0.4, -0.2) is 114 Å². The van der Waals surface area contributed by atoms with Crippen molar-refractivity contribution < 1.29 is 43.8 Å². The van der Waals surface area contributed by atoms with Crippen LogP contribution in [-0.2, 0) is 40.0 Å². The molecule has 0 bridgehead atoms. The van der Waals surface area contributed by atoms with Crippen molar-refractivity contribution in [3.63, 3.8) is 0 Å². The van der Waals surface area contributed by atoms with Crippen LogP contribution in [0.4, 0.5) is 0 Å². The first kappa shape index (κ1) is 44.1. The van der Waals surface area contributed by atoms with Gasteiger partial charge in [-0.3, -0.25) is 38.6 Å². The molecule has 0 spiro atoms. The van der Waals surface area contributed by atoms with E-state index in [4.69, 9.17) is 0 Å². The largest absolute Gasteiger partial charge is 0.508 e. The average Bonchev–Trinajstić information content (AvgIpc) is 3.11. The fourth-order valence-electron chi connectivity index (χ4n) is 5.50. The molecule has 1 aliphatic heterocycles. The van der Waals surface area contributed by atoms with Gasteiger partial charge in [0.2, 0.25) is 41.9 Å². The molecule has 1 aromatic rings. The molecular formula is C36H56N8O9. The lowest BCUT2D eigenvalue weighted by Crippen LogP contribution is -2.61. The summed E-state index contributed by atoms with van der Waals surface area (Å²) in [5.74, 6) is -5.12. The lowest BCUT2D eigenvalue weighted by Gasteiger charge is -2.29. The van der Waals surface area contributed by atoms with Gasteiger partial charge in [0.1, 0.15) is 36.0 Å². The summed E-state index contributed by atoms with van der Waals surface area (Å²) < 4.78 is 0. The zero-order valence-electron chi connectivity index (χ0n) is 31.3. The van der Waals surface area contributed by atoms with E-state index in [1.165, 1.54) is 18.3 Å². The third-order valence-corrected chi connectivity index (χ3v) is 8.76. The van der Waals surface area contributed by atoms with Crippen LogP contribution in [0.3, 0.4) is 0 Å². The number of carbonyl (C=O) groups excluding carboxylic acids is 7. The van der Waals surface area contributed by atoms with Gasteiger partial charge >= 0.3 is 0 Å². The number of aliphatic hydroxyl groups excluding tert-OH is 1. The first-order chi connectivity index (χ1) is 25.1. The Kier molecular flexibility index (Phi) is 18.4. The Morgan fingerprint density at radius 1 is 0.830 bits per heavy atom. The van der Waals surface area contributed by atoms with E-state index < -0.39 is 96.7 Å². The van der Waals surface area contributed by atoms with E-state index in [1.807, 2.05) is 13.8 Å². The summed E-state index contributed by atoms with van der Waals surface area (Å²) >= 11 is 0. The number of nitrogens with one attached hydrogen (secondary N) is 7. The normalized spacial score (nSPS) is 24.8. The van der Waals surface area contributed by atoms with E-state index in [9.17, 15) is 43.8 Å². The molecule has 1 aromatic carbocycles. The fraction of sp³-hybridized carbons (Fsp3) is 0.611. The van der Waals surface area contributed by atoms with Gasteiger partial charge in [-0.15, -0.1) is 0 Å². The van der Waals surface area contributed by atoms with Gasteiger partial charge in [0.05, 0.1) is 19.2 Å². The Hall–Kier alpha value is -5.06. The van der Waals surface area contributed by atoms with Crippen molar-refractivity contribution in [3.05, 3.63) is 29.8 Å². The molecule has 0 aliphatic carbocycles. The summed E-state index contributed by atoms with van der Waals surface area (Å²) in [7, 11) is 0. The van der Waals surface area contributed by atoms with Crippen LogP contribution in [0.25, 0.3) is 0 Å². The quantitative estimate of drug-likeness (QED) is 0.0920. The number of hydrogen-bond donors (Lipinski definition) is 9. The number of carbonyl (C=O) groups is 7. The zero-order valence-corrected chi connectivity index (χ0v) is 31.3. The Morgan fingerprint density at radius 3 is 2.04 bits per heavy atom. The first-order valence-electron chi connectivity index (χ1n) is 18.0. The zero-order chi connectivity index (χ0) is 39.7. The molecule has 294 valence electrons. The average molecular weight is 745 g/mol. The Bertz CT molecular complexity index is 1440. The van der Waals surface area contributed by atoms with Gasteiger partial charge in [-0.05, 0) is 48.3 Å². The summed E-state index contributed by atoms with van der Waals surface area (Å²) in [6.45, 7) is 9.41. The van der Waals surface area contributed by atoms with Gasteiger partial charge in [-0.1, -0.05) is 60.1 Å². The lowest BCUT2D eigenvalue weighted by molar-refractivity contribution is -0.136. The highest BCUT2D eigenvalue weighted by molar-refractivity contribution is 5.97.